The molecule has 6 heteroatoms. The Hall–Kier alpha value is -3.41. The molecule has 27 heavy (non-hydrogen) atoms. The van der Waals surface area contributed by atoms with Crippen molar-refractivity contribution in [2.45, 2.75) is 19.9 Å². The number of carbonyl (C=O) groups is 1. The monoisotopic (exact) mass is 360 g/mol. The number of amides is 1. The van der Waals surface area contributed by atoms with Crippen LogP contribution in [0.2, 0.25) is 0 Å². The molecule has 0 aliphatic heterocycles. The van der Waals surface area contributed by atoms with Crippen LogP contribution in [-0.2, 0) is 6.54 Å². The molecule has 0 aliphatic rings. The van der Waals surface area contributed by atoms with E-state index in [2.05, 4.69) is 10.1 Å². The van der Waals surface area contributed by atoms with Crippen LogP contribution in [0.3, 0.4) is 0 Å². The lowest BCUT2D eigenvalue weighted by atomic mass is 10.2. The van der Waals surface area contributed by atoms with Crippen LogP contribution in [0.15, 0.2) is 65.6 Å². The topological polar surface area (TPSA) is 70.5 Å². The number of aromatic nitrogens is 3. The normalized spacial score (nSPS) is 11.1. The summed E-state index contributed by atoms with van der Waals surface area (Å²) in [5.41, 5.74) is 2.35. The Bertz CT molecular complexity index is 1160. The Morgan fingerprint density at radius 3 is 2.63 bits per heavy atom. The van der Waals surface area contributed by atoms with E-state index in [1.165, 1.54) is 6.20 Å². The number of hydrogen-bond acceptors (Lipinski definition) is 3. The van der Waals surface area contributed by atoms with Crippen molar-refractivity contribution in [1.82, 2.24) is 19.5 Å². The van der Waals surface area contributed by atoms with Gasteiger partial charge in [-0.3, -0.25) is 9.59 Å². The number of hydrogen-bond donors (Lipinski definition) is 1. The summed E-state index contributed by atoms with van der Waals surface area (Å²) < 4.78 is 1.62. The number of benzene rings is 2. The van der Waals surface area contributed by atoms with Gasteiger partial charge in [-0.25, -0.2) is 4.52 Å². The Balaban J connectivity index is 1.78. The first-order chi connectivity index (χ1) is 13.2. The highest BCUT2D eigenvalue weighted by atomic mass is 16.2. The summed E-state index contributed by atoms with van der Waals surface area (Å²) in [6, 6.07) is 17.1. The molecule has 1 amide bonds. The van der Waals surface area contributed by atoms with Gasteiger partial charge in [-0.15, -0.1) is 0 Å². The van der Waals surface area contributed by atoms with E-state index in [-0.39, 0.29) is 11.5 Å². The number of aromatic amines is 1. The molecule has 0 unspecified atom stereocenters. The van der Waals surface area contributed by atoms with Gasteiger partial charge in [-0.1, -0.05) is 49.4 Å². The summed E-state index contributed by atoms with van der Waals surface area (Å²) in [6.07, 6.45) is 2.38. The van der Waals surface area contributed by atoms with Crippen molar-refractivity contribution in [1.29, 1.82) is 0 Å². The van der Waals surface area contributed by atoms with Crippen LogP contribution >= 0.6 is 0 Å². The average molecular weight is 360 g/mol. The second kappa shape index (κ2) is 7.07. The second-order valence-electron chi connectivity index (χ2n) is 6.50. The third-order valence-electron chi connectivity index (χ3n) is 4.61. The Morgan fingerprint density at radius 1 is 1.11 bits per heavy atom. The molecule has 1 N–H and O–H groups in total. The Labute approximate surface area is 156 Å². The maximum absolute atomic E-state index is 13.2. The van der Waals surface area contributed by atoms with Crippen LogP contribution < -0.4 is 5.56 Å². The van der Waals surface area contributed by atoms with Gasteiger partial charge in [0.05, 0.1) is 17.1 Å². The average Bonchev–Trinajstić information content (AvgIpc) is 3.12. The molecule has 0 saturated heterocycles. The largest absolute Gasteiger partial charge is 0.334 e. The summed E-state index contributed by atoms with van der Waals surface area (Å²) in [4.78, 5) is 30.3. The van der Waals surface area contributed by atoms with Crippen LogP contribution in [0.4, 0.5) is 0 Å². The standard InChI is InChI=1S/C21H20N4O2/c1-2-12-24(14-15-8-4-3-5-9-15)21(27)17-13-22-25-18-11-7-6-10-16(18)20(26)23-19(17)25/h3-11,13H,2,12,14H2,1H3,(H,23,26). The molecular weight excluding hydrogens is 340 g/mol. The summed E-state index contributed by atoms with van der Waals surface area (Å²) in [7, 11) is 0. The summed E-state index contributed by atoms with van der Waals surface area (Å²) in [5.74, 6) is -0.137. The fraction of sp³-hybridized carbons (Fsp3) is 0.190. The van der Waals surface area contributed by atoms with Crippen LogP contribution in [0.25, 0.3) is 16.6 Å². The predicted molar refractivity (Wildman–Crippen MR) is 105 cm³/mol. The number of H-pyrrole nitrogens is 1. The molecule has 0 bridgehead atoms. The Morgan fingerprint density at radius 2 is 1.85 bits per heavy atom. The smallest absolute Gasteiger partial charge is 0.259 e. The molecule has 4 rings (SSSR count). The van der Waals surface area contributed by atoms with Gasteiger partial charge in [-0.05, 0) is 24.1 Å². The van der Waals surface area contributed by atoms with Gasteiger partial charge in [0.1, 0.15) is 11.2 Å². The predicted octanol–water partition coefficient (Wildman–Crippen LogP) is 3.23. The molecule has 0 radical (unpaired) electrons. The minimum atomic E-state index is -0.224. The van der Waals surface area contributed by atoms with Gasteiger partial charge in [0, 0.05) is 13.1 Å². The first-order valence-corrected chi connectivity index (χ1v) is 9.01. The third-order valence-corrected chi connectivity index (χ3v) is 4.61. The van der Waals surface area contributed by atoms with Crippen LogP contribution in [0, 0.1) is 0 Å². The van der Waals surface area contributed by atoms with Crippen molar-refractivity contribution < 1.29 is 4.79 Å². The van der Waals surface area contributed by atoms with Crippen molar-refractivity contribution in [3.8, 4) is 0 Å². The Kier molecular flexibility index (Phi) is 4.46. The highest BCUT2D eigenvalue weighted by Crippen LogP contribution is 2.17. The van der Waals surface area contributed by atoms with Gasteiger partial charge in [0.15, 0.2) is 0 Å². The van der Waals surface area contributed by atoms with Gasteiger partial charge in [-0.2, -0.15) is 5.10 Å². The summed E-state index contributed by atoms with van der Waals surface area (Å²) in [5, 5.41) is 4.90. The molecule has 0 atom stereocenters. The zero-order chi connectivity index (χ0) is 18.8. The van der Waals surface area contributed by atoms with E-state index < -0.39 is 0 Å². The molecule has 2 heterocycles. The maximum Gasteiger partial charge on any atom is 0.259 e. The molecule has 6 nitrogen and oxygen atoms in total. The van der Waals surface area contributed by atoms with Crippen molar-refractivity contribution in [3.63, 3.8) is 0 Å². The zero-order valence-corrected chi connectivity index (χ0v) is 15.1. The molecule has 136 valence electrons. The van der Waals surface area contributed by atoms with Crippen molar-refractivity contribution in [2.75, 3.05) is 6.54 Å². The van der Waals surface area contributed by atoms with Crippen LogP contribution in [-0.4, -0.2) is 31.9 Å². The molecule has 0 spiro atoms. The highest BCUT2D eigenvalue weighted by molar-refractivity contribution is 6.00. The molecule has 2 aromatic carbocycles. The van der Waals surface area contributed by atoms with E-state index in [0.29, 0.717) is 35.2 Å². The lowest BCUT2D eigenvalue weighted by molar-refractivity contribution is 0.0745. The van der Waals surface area contributed by atoms with E-state index >= 15 is 0 Å². The molecule has 2 aromatic heterocycles. The number of nitrogens with one attached hydrogen (secondary N) is 1. The molecule has 4 aromatic rings. The van der Waals surface area contributed by atoms with E-state index in [4.69, 9.17) is 0 Å². The maximum atomic E-state index is 13.2. The van der Waals surface area contributed by atoms with Crippen molar-refractivity contribution in [3.05, 3.63) is 82.3 Å². The lowest BCUT2D eigenvalue weighted by Crippen LogP contribution is -2.31. The van der Waals surface area contributed by atoms with Gasteiger partial charge in [0.2, 0.25) is 0 Å². The van der Waals surface area contributed by atoms with Crippen molar-refractivity contribution in [2.24, 2.45) is 0 Å². The third kappa shape index (κ3) is 3.10. The minimum Gasteiger partial charge on any atom is -0.334 e. The lowest BCUT2D eigenvalue weighted by Gasteiger charge is -2.21. The number of para-hydroxylation sites is 1. The van der Waals surface area contributed by atoms with Gasteiger partial charge >= 0.3 is 0 Å². The first-order valence-electron chi connectivity index (χ1n) is 9.01. The molecule has 0 fully saturated rings. The molecule has 0 saturated carbocycles. The highest BCUT2D eigenvalue weighted by Gasteiger charge is 2.21. The number of fused-ring (bicyclic) bond motifs is 3. The first kappa shape index (κ1) is 17.0. The van der Waals surface area contributed by atoms with E-state index in [1.54, 1.807) is 15.5 Å². The van der Waals surface area contributed by atoms with Gasteiger partial charge < -0.3 is 9.88 Å². The second-order valence-corrected chi connectivity index (χ2v) is 6.50. The fourth-order valence-electron chi connectivity index (χ4n) is 3.33. The van der Waals surface area contributed by atoms with E-state index in [1.807, 2.05) is 55.5 Å². The van der Waals surface area contributed by atoms with E-state index in [0.717, 1.165) is 12.0 Å². The van der Waals surface area contributed by atoms with Gasteiger partial charge in [0.25, 0.3) is 11.5 Å². The summed E-state index contributed by atoms with van der Waals surface area (Å²) in [6.45, 7) is 3.18. The fourth-order valence-corrected chi connectivity index (χ4v) is 3.33. The van der Waals surface area contributed by atoms with Crippen molar-refractivity contribution >= 4 is 22.5 Å². The quantitative estimate of drug-likeness (QED) is 0.594. The molecule has 0 aliphatic carbocycles. The zero-order valence-electron chi connectivity index (χ0n) is 15.1. The van der Waals surface area contributed by atoms with E-state index in [9.17, 15) is 9.59 Å². The van der Waals surface area contributed by atoms with Crippen LogP contribution in [0.5, 0.6) is 0 Å². The number of rotatable bonds is 5. The number of carbonyl (C=O) groups excluding carboxylic acids is 1. The molecular formula is C21H20N4O2. The number of nitrogens with zero attached hydrogens (tertiary/aromatic N) is 3. The summed E-state index contributed by atoms with van der Waals surface area (Å²) >= 11 is 0. The SMILES string of the molecule is CCCN(Cc1ccccc1)C(=O)c1cnn2c1[nH]c(=O)c1ccccc12. The van der Waals surface area contributed by atoms with Crippen LogP contribution in [0.1, 0.15) is 29.3 Å². The minimum absolute atomic E-state index is 0.137.